The van der Waals surface area contributed by atoms with E-state index in [4.69, 9.17) is 10.5 Å². The molecule has 2 rings (SSSR count). The average Bonchev–Trinajstić information content (AvgIpc) is 2.55. The third kappa shape index (κ3) is 4.35. The number of nitrogens with two attached hydrogens (primary N) is 1. The molecule has 1 aromatic carbocycles. The van der Waals surface area contributed by atoms with Crippen LogP contribution in [0.5, 0.6) is 5.75 Å². The summed E-state index contributed by atoms with van der Waals surface area (Å²) >= 11 is 0. The van der Waals surface area contributed by atoms with Gasteiger partial charge in [0.1, 0.15) is 5.82 Å². The maximum atomic E-state index is 12.9. The van der Waals surface area contributed by atoms with Gasteiger partial charge in [0.05, 0.1) is 0 Å². The summed E-state index contributed by atoms with van der Waals surface area (Å²) < 4.78 is 17.7. The van der Waals surface area contributed by atoms with Crippen LogP contribution in [-0.2, 0) is 16.9 Å². The molecule has 5 N–H and O–H groups in total. The van der Waals surface area contributed by atoms with Crippen molar-refractivity contribution in [2.75, 3.05) is 0 Å². The number of rotatable bonds is 5. The standard InChI is InChI=1S/C16H17FN4O5/c1-16(2,26-15(18)25)14-20-10(11(22)13(24)21-14)12(23)19-7-8-3-5-9(17)6-4-8/h3-6,22H,7H2,1-2H3,(H2,18,25)(H,19,23)(H,20,21,24). The predicted octanol–water partition coefficient (Wildman–Crippen LogP) is 0.875. The molecule has 0 bridgehead atoms. The minimum absolute atomic E-state index is 0.0174. The number of hydrogen-bond acceptors (Lipinski definition) is 6. The highest BCUT2D eigenvalue weighted by Crippen LogP contribution is 2.22. The fourth-order valence-electron chi connectivity index (χ4n) is 2.08. The molecule has 0 aliphatic carbocycles. The molecule has 10 heteroatoms. The lowest BCUT2D eigenvalue weighted by atomic mass is 10.1. The highest BCUT2D eigenvalue weighted by Gasteiger charge is 2.30. The fraction of sp³-hybridized carbons (Fsp3) is 0.250. The average molecular weight is 364 g/mol. The first-order valence-corrected chi connectivity index (χ1v) is 7.45. The maximum absolute atomic E-state index is 12.9. The zero-order valence-corrected chi connectivity index (χ0v) is 14.0. The van der Waals surface area contributed by atoms with Crippen LogP contribution in [0, 0.1) is 5.82 Å². The number of H-pyrrole nitrogens is 1. The first kappa shape index (κ1) is 18.9. The topological polar surface area (TPSA) is 147 Å². The van der Waals surface area contributed by atoms with Crippen LogP contribution >= 0.6 is 0 Å². The molecule has 26 heavy (non-hydrogen) atoms. The largest absolute Gasteiger partial charge is 0.501 e. The molecule has 0 spiro atoms. The van der Waals surface area contributed by atoms with Crippen LogP contribution in [-0.4, -0.2) is 27.1 Å². The van der Waals surface area contributed by atoms with Gasteiger partial charge in [-0.2, -0.15) is 0 Å². The number of benzene rings is 1. The van der Waals surface area contributed by atoms with Gasteiger partial charge < -0.3 is 25.9 Å². The molecule has 0 saturated carbocycles. The number of aromatic hydroxyl groups is 1. The number of amides is 2. The Bertz CT molecular complexity index is 893. The Kier molecular flexibility index (Phi) is 5.24. The molecule has 0 fully saturated rings. The van der Waals surface area contributed by atoms with Crippen molar-refractivity contribution in [1.82, 2.24) is 15.3 Å². The third-order valence-corrected chi connectivity index (χ3v) is 3.40. The molecule has 0 saturated heterocycles. The SMILES string of the molecule is CC(C)(OC(N)=O)c1nc(C(=O)NCc2ccc(F)cc2)c(O)c(=O)[nH]1. The van der Waals surface area contributed by atoms with Crippen molar-refractivity contribution in [3.63, 3.8) is 0 Å². The second-order valence-corrected chi connectivity index (χ2v) is 5.85. The van der Waals surface area contributed by atoms with E-state index in [1.54, 1.807) is 0 Å². The highest BCUT2D eigenvalue weighted by molar-refractivity contribution is 5.94. The van der Waals surface area contributed by atoms with Crippen LogP contribution in [0.1, 0.15) is 35.7 Å². The van der Waals surface area contributed by atoms with Crippen LogP contribution in [0.15, 0.2) is 29.1 Å². The lowest BCUT2D eigenvalue weighted by molar-refractivity contribution is 0.0359. The lowest BCUT2D eigenvalue weighted by Gasteiger charge is -2.23. The van der Waals surface area contributed by atoms with Crippen molar-refractivity contribution in [2.24, 2.45) is 5.73 Å². The molecule has 0 atom stereocenters. The molecule has 9 nitrogen and oxygen atoms in total. The lowest BCUT2D eigenvalue weighted by Crippen LogP contribution is -2.34. The number of nitrogens with zero attached hydrogens (tertiary/aromatic N) is 1. The number of aromatic amines is 1. The Morgan fingerprint density at radius 2 is 1.96 bits per heavy atom. The van der Waals surface area contributed by atoms with Crippen LogP contribution < -0.4 is 16.6 Å². The smallest absolute Gasteiger partial charge is 0.405 e. The quantitative estimate of drug-likeness (QED) is 0.619. The molecule has 1 aromatic heterocycles. The number of aromatic nitrogens is 2. The van der Waals surface area contributed by atoms with Gasteiger partial charge in [-0.15, -0.1) is 0 Å². The van der Waals surface area contributed by atoms with Crippen LogP contribution in [0.2, 0.25) is 0 Å². The number of carbonyl (C=O) groups excluding carboxylic acids is 2. The van der Waals surface area contributed by atoms with Gasteiger partial charge in [0.2, 0.25) is 5.75 Å². The third-order valence-electron chi connectivity index (χ3n) is 3.40. The van der Waals surface area contributed by atoms with E-state index in [1.165, 1.54) is 38.1 Å². The summed E-state index contributed by atoms with van der Waals surface area (Å²) in [5.41, 5.74) is 2.59. The van der Waals surface area contributed by atoms with Crippen LogP contribution in [0.4, 0.5) is 9.18 Å². The van der Waals surface area contributed by atoms with Crippen molar-refractivity contribution in [3.05, 3.63) is 57.5 Å². The number of carbonyl (C=O) groups is 2. The zero-order valence-electron chi connectivity index (χ0n) is 14.0. The van der Waals surface area contributed by atoms with Gasteiger partial charge in [-0.05, 0) is 31.5 Å². The van der Waals surface area contributed by atoms with Crippen molar-refractivity contribution in [2.45, 2.75) is 26.0 Å². The number of primary amides is 1. The van der Waals surface area contributed by atoms with E-state index < -0.39 is 40.4 Å². The van der Waals surface area contributed by atoms with E-state index in [0.29, 0.717) is 5.56 Å². The molecule has 2 amide bonds. The molecule has 0 aliphatic rings. The van der Waals surface area contributed by atoms with Crippen molar-refractivity contribution >= 4 is 12.0 Å². The number of nitrogens with one attached hydrogen (secondary N) is 2. The molecule has 2 aromatic rings. The Hall–Kier alpha value is -3.43. The van der Waals surface area contributed by atoms with E-state index >= 15 is 0 Å². The fourth-order valence-corrected chi connectivity index (χ4v) is 2.08. The summed E-state index contributed by atoms with van der Waals surface area (Å²) in [4.78, 5) is 41.2. The Balaban J connectivity index is 2.27. The Morgan fingerprint density at radius 1 is 1.35 bits per heavy atom. The van der Waals surface area contributed by atoms with Gasteiger partial charge in [0.25, 0.3) is 11.5 Å². The summed E-state index contributed by atoms with van der Waals surface area (Å²) in [6, 6.07) is 5.39. The number of ether oxygens (including phenoxy) is 1. The summed E-state index contributed by atoms with van der Waals surface area (Å²) in [5.74, 6) is -2.32. The molecule has 0 unspecified atom stereocenters. The Labute approximate surface area is 147 Å². The predicted molar refractivity (Wildman–Crippen MR) is 87.8 cm³/mol. The minimum Gasteiger partial charge on any atom is -0.501 e. The summed E-state index contributed by atoms with van der Waals surface area (Å²) in [6.45, 7) is 2.81. The monoisotopic (exact) mass is 364 g/mol. The Morgan fingerprint density at radius 3 is 2.54 bits per heavy atom. The normalized spacial score (nSPS) is 11.0. The van der Waals surface area contributed by atoms with Gasteiger partial charge in [-0.1, -0.05) is 12.1 Å². The molecular weight excluding hydrogens is 347 g/mol. The molecule has 0 radical (unpaired) electrons. The van der Waals surface area contributed by atoms with Crippen molar-refractivity contribution in [1.29, 1.82) is 0 Å². The minimum atomic E-state index is -1.44. The van der Waals surface area contributed by atoms with Crippen molar-refractivity contribution < 1.29 is 23.8 Å². The first-order chi connectivity index (χ1) is 12.1. The maximum Gasteiger partial charge on any atom is 0.405 e. The summed E-state index contributed by atoms with van der Waals surface area (Å²) in [6.07, 6.45) is -1.10. The molecular formula is C16H17FN4O5. The summed E-state index contributed by atoms with van der Waals surface area (Å²) in [5, 5.41) is 12.3. The van der Waals surface area contributed by atoms with Gasteiger partial charge in [-0.25, -0.2) is 14.2 Å². The second-order valence-electron chi connectivity index (χ2n) is 5.85. The molecule has 0 aliphatic heterocycles. The van der Waals surface area contributed by atoms with Crippen LogP contribution in [0.3, 0.4) is 0 Å². The molecule has 1 heterocycles. The van der Waals surface area contributed by atoms with Gasteiger partial charge in [0.15, 0.2) is 17.1 Å². The van der Waals surface area contributed by atoms with E-state index in [-0.39, 0.29) is 12.4 Å². The number of hydrogen-bond donors (Lipinski definition) is 4. The van der Waals surface area contributed by atoms with Crippen LogP contribution in [0.25, 0.3) is 0 Å². The zero-order chi connectivity index (χ0) is 19.5. The first-order valence-electron chi connectivity index (χ1n) is 7.45. The second kappa shape index (κ2) is 7.21. The summed E-state index contributed by atoms with van der Waals surface area (Å²) in [7, 11) is 0. The van der Waals surface area contributed by atoms with E-state index in [1.807, 2.05) is 0 Å². The van der Waals surface area contributed by atoms with Gasteiger partial charge in [-0.3, -0.25) is 9.59 Å². The van der Waals surface area contributed by atoms with E-state index in [9.17, 15) is 23.9 Å². The van der Waals surface area contributed by atoms with E-state index in [0.717, 1.165) is 0 Å². The highest BCUT2D eigenvalue weighted by atomic mass is 19.1. The molecule has 138 valence electrons. The van der Waals surface area contributed by atoms with Crippen molar-refractivity contribution in [3.8, 4) is 5.75 Å². The number of halogens is 1. The van der Waals surface area contributed by atoms with E-state index in [2.05, 4.69) is 15.3 Å². The van der Waals surface area contributed by atoms with Gasteiger partial charge >= 0.3 is 6.09 Å². The van der Waals surface area contributed by atoms with Gasteiger partial charge in [0, 0.05) is 6.54 Å².